The van der Waals surface area contributed by atoms with Gasteiger partial charge in [-0.25, -0.2) is 0 Å². The molecule has 0 aliphatic heterocycles. The van der Waals surface area contributed by atoms with E-state index in [4.69, 9.17) is 10.5 Å². The molecule has 0 aromatic heterocycles. The van der Waals surface area contributed by atoms with Crippen LogP contribution in [0, 0.1) is 20.8 Å². The van der Waals surface area contributed by atoms with E-state index < -0.39 is 18.1 Å². The maximum absolute atomic E-state index is 11.1. The van der Waals surface area contributed by atoms with Gasteiger partial charge in [-0.2, -0.15) is 0 Å². The van der Waals surface area contributed by atoms with Crippen LogP contribution in [0.3, 0.4) is 0 Å². The highest BCUT2D eigenvalue weighted by Gasteiger charge is 2.18. The molecule has 0 saturated carbocycles. The van der Waals surface area contributed by atoms with Crippen LogP contribution in [0.25, 0.3) is 0 Å². The predicted octanol–water partition coefficient (Wildman–Crippen LogP) is 1.16. The summed E-state index contributed by atoms with van der Waals surface area (Å²) in [5.41, 5.74) is 8.53. The number of carbonyl (C=O) groups excluding carboxylic acids is 1. The molecule has 0 radical (unpaired) electrons. The molecule has 0 aliphatic rings. The van der Waals surface area contributed by atoms with Crippen molar-refractivity contribution < 1.29 is 14.6 Å². The summed E-state index contributed by atoms with van der Waals surface area (Å²) in [6.45, 7) is 8.24. The van der Waals surface area contributed by atoms with E-state index in [9.17, 15) is 9.90 Å². The van der Waals surface area contributed by atoms with E-state index >= 15 is 0 Å². The van der Waals surface area contributed by atoms with Crippen molar-refractivity contribution in [3.8, 4) is 5.75 Å². The minimum atomic E-state index is -0.684. The second kappa shape index (κ2) is 7.43. The Balaban J connectivity index is 2.60. The Kier molecular flexibility index (Phi) is 6.18. The summed E-state index contributed by atoms with van der Waals surface area (Å²) >= 11 is 0. The smallest absolute Gasteiger partial charge is 0.234 e. The van der Waals surface area contributed by atoms with Crippen molar-refractivity contribution in [2.24, 2.45) is 5.73 Å². The molecule has 0 aliphatic carbocycles. The fraction of sp³-hybridized carbons (Fsp3) is 0.562. The van der Waals surface area contributed by atoms with Crippen LogP contribution in [0.4, 0.5) is 0 Å². The monoisotopic (exact) mass is 294 g/mol. The van der Waals surface area contributed by atoms with Crippen molar-refractivity contribution in [1.82, 2.24) is 4.90 Å². The van der Waals surface area contributed by atoms with Crippen LogP contribution in [-0.2, 0) is 4.79 Å². The summed E-state index contributed by atoms with van der Waals surface area (Å²) in [7, 11) is 1.75. The molecule has 1 unspecified atom stereocenters. The largest absolute Gasteiger partial charge is 0.490 e. The van der Waals surface area contributed by atoms with E-state index in [1.165, 1.54) is 0 Å². The predicted molar refractivity (Wildman–Crippen MR) is 83.4 cm³/mol. The molecule has 21 heavy (non-hydrogen) atoms. The number of aliphatic hydroxyl groups is 1. The lowest BCUT2D eigenvalue weighted by atomic mass is 10.1. The average Bonchev–Trinajstić information content (AvgIpc) is 2.41. The van der Waals surface area contributed by atoms with Gasteiger partial charge in [0.2, 0.25) is 5.91 Å². The second-order valence-electron chi connectivity index (χ2n) is 5.64. The zero-order chi connectivity index (χ0) is 16.2. The van der Waals surface area contributed by atoms with Crippen molar-refractivity contribution in [1.29, 1.82) is 0 Å². The Morgan fingerprint density at radius 2 is 1.90 bits per heavy atom. The van der Waals surface area contributed by atoms with Crippen molar-refractivity contribution >= 4 is 5.91 Å². The number of aryl methyl sites for hydroxylation is 2. The highest BCUT2D eigenvalue weighted by Crippen LogP contribution is 2.25. The first-order valence-electron chi connectivity index (χ1n) is 7.11. The van der Waals surface area contributed by atoms with E-state index in [0.29, 0.717) is 6.54 Å². The number of hydrogen-bond acceptors (Lipinski definition) is 4. The Morgan fingerprint density at radius 1 is 1.33 bits per heavy atom. The molecule has 2 atom stereocenters. The summed E-state index contributed by atoms with van der Waals surface area (Å²) in [5.74, 6) is 0.413. The molecule has 3 N–H and O–H groups in total. The van der Waals surface area contributed by atoms with Crippen LogP contribution in [0.15, 0.2) is 12.1 Å². The Hall–Kier alpha value is -1.59. The first kappa shape index (κ1) is 17.5. The van der Waals surface area contributed by atoms with Gasteiger partial charge in [-0.3, -0.25) is 9.69 Å². The van der Waals surface area contributed by atoms with E-state index in [-0.39, 0.29) is 6.61 Å². The van der Waals surface area contributed by atoms with E-state index in [0.717, 1.165) is 22.4 Å². The highest BCUT2D eigenvalue weighted by molar-refractivity contribution is 5.79. The van der Waals surface area contributed by atoms with Gasteiger partial charge in [0, 0.05) is 6.54 Å². The molecule has 0 heterocycles. The normalized spacial score (nSPS) is 14.0. The van der Waals surface area contributed by atoms with E-state index in [2.05, 4.69) is 6.07 Å². The molecule has 0 bridgehead atoms. The first-order chi connectivity index (χ1) is 9.73. The highest BCUT2D eigenvalue weighted by atomic mass is 16.5. The molecular formula is C16H26N2O3. The molecule has 5 heteroatoms. The molecule has 0 fully saturated rings. The Morgan fingerprint density at radius 3 is 2.48 bits per heavy atom. The molecule has 5 nitrogen and oxygen atoms in total. The molecular weight excluding hydrogens is 268 g/mol. The maximum Gasteiger partial charge on any atom is 0.234 e. The van der Waals surface area contributed by atoms with Gasteiger partial charge in [-0.05, 0) is 51.4 Å². The Labute approximate surface area is 126 Å². The number of ether oxygens (including phenoxy) is 1. The number of rotatable bonds is 7. The van der Waals surface area contributed by atoms with Crippen LogP contribution in [-0.4, -0.2) is 48.3 Å². The minimum absolute atomic E-state index is 0.182. The van der Waals surface area contributed by atoms with Crippen LogP contribution in [0.5, 0.6) is 5.75 Å². The zero-order valence-electron chi connectivity index (χ0n) is 13.5. The number of benzene rings is 1. The number of amides is 1. The molecule has 118 valence electrons. The third kappa shape index (κ3) is 4.72. The minimum Gasteiger partial charge on any atom is -0.490 e. The topological polar surface area (TPSA) is 75.8 Å². The SMILES string of the molecule is Cc1ccc(C)c(OCC(O)CN(C)[C@H](C)C(N)=O)c1C. The maximum atomic E-state index is 11.1. The van der Waals surface area contributed by atoms with Gasteiger partial charge in [0.25, 0.3) is 0 Å². The van der Waals surface area contributed by atoms with Gasteiger partial charge in [0.05, 0.1) is 6.04 Å². The second-order valence-corrected chi connectivity index (χ2v) is 5.64. The summed E-state index contributed by atoms with van der Waals surface area (Å²) in [6, 6.07) is 3.64. The number of hydrogen-bond donors (Lipinski definition) is 2. The van der Waals surface area contributed by atoms with Gasteiger partial charge in [0.1, 0.15) is 18.5 Å². The number of primary amides is 1. The molecule has 1 aromatic rings. The van der Waals surface area contributed by atoms with Gasteiger partial charge < -0.3 is 15.6 Å². The molecule has 1 rings (SSSR count). The molecule has 0 saturated heterocycles. The van der Waals surface area contributed by atoms with Crippen molar-refractivity contribution in [3.05, 3.63) is 28.8 Å². The Bertz CT molecular complexity index is 503. The van der Waals surface area contributed by atoms with Crippen molar-refractivity contribution in [2.45, 2.75) is 39.8 Å². The number of nitrogens with two attached hydrogens (primary N) is 1. The van der Waals surface area contributed by atoms with Crippen LogP contribution >= 0.6 is 0 Å². The van der Waals surface area contributed by atoms with Gasteiger partial charge >= 0.3 is 0 Å². The lowest BCUT2D eigenvalue weighted by Crippen LogP contribution is -2.44. The van der Waals surface area contributed by atoms with Crippen molar-refractivity contribution in [3.63, 3.8) is 0 Å². The first-order valence-corrected chi connectivity index (χ1v) is 7.11. The third-order valence-electron chi connectivity index (χ3n) is 3.87. The van der Waals surface area contributed by atoms with Gasteiger partial charge in [-0.1, -0.05) is 12.1 Å². The van der Waals surface area contributed by atoms with Gasteiger partial charge in [-0.15, -0.1) is 0 Å². The van der Waals surface area contributed by atoms with Crippen molar-refractivity contribution in [2.75, 3.05) is 20.2 Å². The lowest BCUT2D eigenvalue weighted by Gasteiger charge is -2.25. The molecule has 1 aromatic carbocycles. The summed E-state index contributed by atoms with van der Waals surface area (Å²) in [4.78, 5) is 12.8. The summed E-state index contributed by atoms with van der Waals surface area (Å²) in [5, 5.41) is 10.0. The fourth-order valence-corrected chi connectivity index (χ4v) is 2.09. The summed E-state index contributed by atoms with van der Waals surface area (Å²) in [6.07, 6.45) is -0.684. The number of likely N-dealkylation sites (N-methyl/N-ethyl adjacent to an activating group) is 1. The molecule has 0 spiro atoms. The number of carbonyl (C=O) groups is 1. The lowest BCUT2D eigenvalue weighted by molar-refractivity contribution is -0.122. The molecule has 1 amide bonds. The van der Waals surface area contributed by atoms with Crippen LogP contribution < -0.4 is 10.5 Å². The van der Waals surface area contributed by atoms with E-state index in [1.54, 1.807) is 18.9 Å². The van der Waals surface area contributed by atoms with E-state index in [1.807, 2.05) is 26.8 Å². The average molecular weight is 294 g/mol. The van der Waals surface area contributed by atoms with Gasteiger partial charge in [0.15, 0.2) is 0 Å². The fourth-order valence-electron chi connectivity index (χ4n) is 2.09. The third-order valence-corrected chi connectivity index (χ3v) is 3.87. The summed E-state index contributed by atoms with van der Waals surface area (Å²) < 4.78 is 5.76. The number of nitrogens with zero attached hydrogens (tertiary/aromatic N) is 1. The van der Waals surface area contributed by atoms with Crippen LogP contribution in [0.1, 0.15) is 23.6 Å². The number of aliphatic hydroxyl groups excluding tert-OH is 1. The standard InChI is InChI=1S/C16H26N2O3/c1-10-6-7-11(2)15(12(10)3)21-9-14(19)8-18(5)13(4)16(17)20/h6-7,13-14,19H,8-9H2,1-5H3,(H2,17,20)/t13-,14?/m1/s1. The quantitative estimate of drug-likeness (QED) is 0.791. The van der Waals surface area contributed by atoms with Crippen LogP contribution in [0.2, 0.25) is 0 Å². The zero-order valence-corrected chi connectivity index (χ0v) is 13.5.